The van der Waals surface area contributed by atoms with Crippen LogP contribution in [-0.4, -0.2) is 39.9 Å². The van der Waals surface area contributed by atoms with Gasteiger partial charge in [0.1, 0.15) is 4.90 Å². The molecule has 0 bridgehead atoms. The predicted octanol–water partition coefficient (Wildman–Crippen LogP) is -0.273. The summed E-state index contributed by atoms with van der Waals surface area (Å²) in [4.78, 5) is -0.0889. The number of nitrogens with two attached hydrogens (primary N) is 2. The highest BCUT2D eigenvalue weighted by molar-refractivity contribution is 7.89. The average molecular weight is 289 g/mol. The van der Waals surface area contributed by atoms with Crippen LogP contribution in [0, 0.1) is 0 Å². The number of primary sulfonamides is 1. The molecule has 0 aromatic heterocycles. The second-order valence-corrected chi connectivity index (χ2v) is 5.41. The van der Waals surface area contributed by atoms with Gasteiger partial charge in [0.2, 0.25) is 10.0 Å². The monoisotopic (exact) mass is 289 g/mol. The Hall–Kier alpha value is -1.35. The summed E-state index contributed by atoms with van der Waals surface area (Å²) < 4.78 is 27.7. The molecule has 0 saturated carbocycles. The molecular formula is C11H19N3O4S. The minimum absolute atomic E-state index is 0.00319. The van der Waals surface area contributed by atoms with Crippen LogP contribution >= 0.6 is 0 Å². The van der Waals surface area contributed by atoms with E-state index in [4.69, 9.17) is 20.7 Å². The lowest BCUT2D eigenvalue weighted by Crippen LogP contribution is -2.16. The normalized spacial score (nSPS) is 11.5. The molecule has 0 unspecified atom stereocenters. The van der Waals surface area contributed by atoms with Gasteiger partial charge in [-0.15, -0.1) is 0 Å². The molecular weight excluding hydrogens is 270 g/mol. The molecule has 7 nitrogen and oxygen atoms in total. The number of sulfonamides is 1. The smallest absolute Gasteiger partial charge is 0.240 e. The number of benzene rings is 1. The van der Waals surface area contributed by atoms with Crippen molar-refractivity contribution < 1.29 is 18.3 Å². The highest BCUT2D eigenvalue weighted by Gasteiger charge is 2.14. The van der Waals surface area contributed by atoms with Crippen LogP contribution < -0.4 is 16.2 Å². The molecule has 0 spiro atoms. The zero-order valence-corrected chi connectivity index (χ0v) is 11.3. The van der Waals surface area contributed by atoms with Crippen LogP contribution in [0.2, 0.25) is 0 Å². The van der Waals surface area contributed by atoms with Crippen LogP contribution in [0.3, 0.4) is 0 Å². The third kappa shape index (κ3) is 5.03. The van der Waals surface area contributed by atoms with Gasteiger partial charge in [-0.25, -0.2) is 13.6 Å². The zero-order chi connectivity index (χ0) is 14.3. The Morgan fingerprint density at radius 3 is 2.68 bits per heavy atom. The quantitative estimate of drug-likeness (QED) is 0.385. The van der Waals surface area contributed by atoms with Gasteiger partial charge in [-0.1, -0.05) is 6.07 Å². The largest absolute Gasteiger partial charge is 0.396 e. The van der Waals surface area contributed by atoms with E-state index in [0.717, 1.165) is 0 Å². The van der Waals surface area contributed by atoms with Crippen LogP contribution in [0.4, 0.5) is 11.4 Å². The number of nitrogen functional groups attached to an aromatic ring is 1. The van der Waals surface area contributed by atoms with E-state index in [1.807, 2.05) is 0 Å². The Balaban J connectivity index is 2.56. The standard InChI is InChI=1S/C11H19N3O4S/c12-11-9(14-5-2-7-18-8-6-15)3-1-4-10(11)19(13,16)17/h1,3-4,14-15H,2,5-8,12H2,(H2,13,16,17). The van der Waals surface area contributed by atoms with E-state index in [2.05, 4.69) is 5.32 Å². The first kappa shape index (κ1) is 15.7. The Labute approximate surface area is 112 Å². The molecule has 0 heterocycles. The lowest BCUT2D eigenvalue weighted by molar-refractivity contribution is 0.0922. The number of hydrogen-bond donors (Lipinski definition) is 4. The summed E-state index contributed by atoms with van der Waals surface area (Å²) in [6.45, 7) is 1.38. The SMILES string of the molecule is Nc1c(NCCCOCCO)cccc1S(N)(=O)=O. The number of anilines is 2. The van der Waals surface area contributed by atoms with Crippen molar-refractivity contribution >= 4 is 21.4 Å². The summed E-state index contributed by atoms with van der Waals surface area (Å²) in [5.41, 5.74) is 6.38. The number of aliphatic hydroxyl groups excluding tert-OH is 1. The lowest BCUT2D eigenvalue weighted by Gasteiger charge is -2.11. The number of hydrogen-bond acceptors (Lipinski definition) is 6. The molecule has 0 saturated heterocycles. The number of aliphatic hydroxyl groups is 1. The first-order chi connectivity index (χ1) is 8.96. The van der Waals surface area contributed by atoms with E-state index < -0.39 is 10.0 Å². The number of rotatable bonds is 8. The van der Waals surface area contributed by atoms with Crippen molar-refractivity contribution in [2.45, 2.75) is 11.3 Å². The summed E-state index contributed by atoms with van der Waals surface area (Å²) in [5.74, 6) is 0. The molecule has 1 rings (SSSR count). The van der Waals surface area contributed by atoms with E-state index in [1.165, 1.54) is 6.07 Å². The van der Waals surface area contributed by atoms with Gasteiger partial charge in [0.15, 0.2) is 0 Å². The first-order valence-corrected chi connectivity index (χ1v) is 7.35. The van der Waals surface area contributed by atoms with Crippen molar-refractivity contribution in [3.8, 4) is 0 Å². The second-order valence-electron chi connectivity index (χ2n) is 3.88. The van der Waals surface area contributed by atoms with Crippen molar-refractivity contribution in [2.24, 2.45) is 5.14 Å². The summed E-state index contributed by atoms with van der Waals surface area (Å²) in [6, 6.07) is 4.61. The Morgan fingerprint density at radius 2 is 2.05 bits per heavy atom. The van der Waals surface area contributed by atoms with Gasteiger partial charge in [-0.05, 0) is 18.6 Å². The molecule has 1 aromatic carbocycles. The zero-order valence-electron chi connectivity index (χ0n) is 10.5. The third-order valence-corrected chi connectivity index (χ3v) is 3.36. The van der Waals surface area contributed by atoms with E-state index in [1.54, 1.807) is 12.1 Å². The average Bonchev–Trinajstić information content (AvgIpc) is 2.34. The summed E-state index contributed by atoms with van der Waals surface area (Å²) >= 11 is 0. The Morgan fingerprint density at radius 1 is 1.32 bits per heavy atom. The molecule has 8 heteroatoms. The fourth-order valence-corrected chi connectivity index (χ4v) is 2.19. The van der Waals surface area contributed by atoms with Gasteiger partial charge in [0, 0.05) is 13.2 Å². The van der Waals surface area contributed by atoms with Crippen LogP contribution in [0.25, 0.3) is 0 Å². The second kappa shape index (κ2) is 7.29. The summed E-state index contributed by atoms with van der Waals surface area (Å²) in [7, 11) is -3.82. The van der Waals surface area contributed by atoms with Crippen molar-refractivity contribution in [1.29, 1.82) is 0 Å². The number of ether oxygens (including phenoxy) is 1. The molecule has 0 amide bonds. The van der Waals surface area contributed by atoms with Gasteiger partial charge < -0.3 is 20.9 Å². The number of nitrogens with one attached hydrogen (secondary N) is 1. The van der Waals surface area contributed by atoms with E-state index in [9.17, 15) is 8.42 Å². The van der Waals surface area contributed by atoms with Gasteiger partial charge in [-0.3, -0.25) is 0 Å². The van der Waals surface area contributed by atoms with E-state index in [-0.39, 0.29) is 17.2 Å². The maximum atomic E-state index is 11.3. The molecule has 0 radical (unpaired) electrons. The fraction of sp³-hybridized carbons (Fsp3) is 0.455. The third-order valence-electron chi connectivity index (χ3n) is 2.39. The van der Waals surface area contributed by atoms with Crippen molar-refractivity contribution in [2.75, 3.05) is 37.4 Å². The highest BCUT2D eigenvalue weighted by Crippen LogP contribution is 2.25. The van der Waals surface area contributed by atoms with Gasteiger partial charge in [0.25, 0.3) is 0 Å². The van der Waals surface area contributed by atoms with E-state index >= 15 is 0 Å². The maximum Gasteiger partial charge on any atom is 0.240 e. The summed E-state index contributed by atoms with van der Waals surface area (Å²) in [5, 5.41) is 16.6. The van der Waals surface area contributed by atoms with Crippen LogP contribution in [0.15, 0.2) is 23.1 Å². The molecule has 1 aromatic rings. The molecule has 0 fully saturated rings. The molecule has 6 N–H and O–H groups in total. The van der Waals surface area contributed by atoms with Gasteiger partial charge in [0.05, 0.1) is 24.6 Å². The Bertz CT molecular complexity index is 505. The molecule has 108 valence electrons. The minimum Gasteiger partial charge on any atom is -0.396 e. The van der Waals surface area contributed by atoms with Gasteiger partial charge >= 0.3 is 0 Å². The van der Waals surface area contributed by atoms with Crippen LogP contribution in [0.5, 0.6) is 0 Å². The molecule has 0 aliphatic carbocycles. The molecule has 0 aliphatic rings. The van der Waals surface area contributed by atoms with Crippen LogP contribution in [0.1, 0.15) is 6.42 Å². The van der Waals surface area contributed by atoms with Gasteiger partial charge in [-0.2, -0.15) is 0 Å². The molecule has 19 heavy (non-hydrogen) atoms. The lowest BCUT2D eigenvalue weighted by atomic mass is 10.2. The fourth-order valence-electron chi connectivity index (χ4n) is 1.51. The Kier molecular flexibility index (Phi) is 6.03. The van der Waals surface area contributed by atoms with Crippen molar-refractivity contribution in [1.82, 2.24) is 0 Å². The number of para-hydroxylation sites is 1. The first-order valence-electron chi connectivity index (χ1n) is 5.80. The highest BCUT2D eigenvalue weighted by atomic mass is 32.2. The summed E-state index contributed by atoms with van der Waals surface area (Å²) in [6.07, 6.45) is 0.707. The van der Waals surface area contributed by atoms with E-state index in [0.29, 0.717) is 31.9 Å². The topological polar surface area (TPSA) is 128 Å². The molecule has 0 aliphatic heterocycles. The minimum atomic E-state index is -3.82. The van der Waals surface area contributed by atoms with Crippen molar-refractivity contribution in [3.63, 3.8) is 0 Å². The van der Waals surface area contributed by atoms with Crippen molar-refractivity contribution in [3.05, 3.63) is 18.2 Å². The maximum absolute atomic E-state index is 11.3. The van der Waals surface area contributed by atoms with Crippen LogP contribution in [-0.2, 0) is 14.8 Å². The predicted molar refractivity (Wildman–Crippen MR) is 73.2 cm³/mol. The molecule has 0 atom stereocenters.